The Labute approximate surface area is 224 Å². The highest BCUT2D eigenvalue weighted by molar-refractivity contribution is 6.43. The number of rotatable bonds is 5. The minimum atomic E-state index is -0.903. The maximum absolute atomic E-state index is 13.0. The van der Waals surface area contributed by atoms with E-state index in [1.807, 2.05) is 0 Å². The number of benzene rings is 3. The number of carbonyl (C=O) groups is 3. The van der Waals surface area contributed by atoms with Crippen LogP contribution in [0, 0.1) is 0 Å². The van der Waals surface area contributed by atoms with Gasteiger partial charge in [0.2, 0.25) is 0 Å². The largest absolute Gasteiger partial charge is 0.487 e. The maximum atomic E-state index is 13.0. The normalized spacial score (nSPS) is 14.9. The summed E-state index contributed by atoms with van der Waals surface area (Å²) in [7, 11) is 0. The lowest BCUT2D eigenvalue weighted by molar-refractivity contribution is -0.122. The zero-order valence-electron chi connectivity index (χ0n) is 17.5. The van der Waals surface area contributed by atoms with E-state index >= 15 is 0 Å². The fourth-order valence-corrected chi connectivity index (χ4v) is 4.05. The summed E-state index contributed by atoms with van der Waals surface area (Å²) in [6.07, 6.45) is 1.32. The number of ether oxygens (including phenoxy) is 1. The van der Waals surface area contributed by atoms with Crippen LogP contribution in [0.4, 0.5) is 10.5 Å². The Hall–Kier alpha value is -2.74. The molecule has 0 aromatic heterocycles. The predicted molar refractivity (Wildman–Crippen MR) is 138 cm³/mol. The number of anilines is 1. The molecule has 11 heteroatoms. The standard InChI is InChI=1S/C24H13Cl5N2O4/c25-16-4-1-13(9-18(16)27)11-35-21-6-2-12(8-20(21)29)7-15-22(32)30-24(34)31(23(15)33)14-3-5-17(26)19(28)10-14/h1-10H,11H2,(H,30,32,34)/b15-7+. The molecule has 1 saturated heterocycles. The highest BCUT2D eigenvalue weighted by atomic mass is 35.5. The van der Waals surface area contributed by atoms with Crippen molar-refractivity contribution in [1.82, 2.24) is 5.32 Å². The molecule has 1 heterocycles. The van der Waals surface area contributed by atoms with Crippen LogP contribution in [0.2, 0.25) is 25.1 Å². The number of urea groups is 1. The van der Waals surface area contributed by atoms with Gasteiger partial charge in [-0.1, -0.05) is 70.1 Å². The van der Waals surface area contributed by atoms with Gasteiger partial charge in [0, 0.05) is 0 Å². The van der Waals surface area contributed by atoms with E-state index in [0.717, 1.165) is 10.5 Å². The van der Waals surface area contributed by atoms with Crippen molar-refractivity contribution in [3.8, 4) is 5.75 Å². The average Bonchev–Trinajstić information content (AvgIpc) is 2.80. The van der Waals surface area contributed by atoms with Crippen molar-refractivity contribution in [2.75, 3.05) is 4.90 Å². The molecule has 178 valence electrons. The van der Waals surface area contributed by atoms with E-state index in [9.17, 15) is 14.4 Å². The fraction of sp³-hybridized carbons (Fsp3) is 0.0417. The minimum absolute atomic E-state index is 0.149. The van der Waals surface area contributed by atoms with E-state index in [4.69, 9.17) is 62.7 Å². The smallest absolute Gasteiger partial charge is 0.335 e. The lowest BCUT2D eigenvalue weighted by Crippen LogP contribution is -2.54. The summed E-state index contributed by atoms with van der Waals surface area (Å²) >= 11 is 30.2. The SMILES string of the molecule is O=C1NC(=O)N(c2ccc(Cl)c(Cl)c2)C(=O)/C1=C/c1ccc(OCc2ccc(Cl)c(Cl)c2)c(Cl)c1. The van der Waals surface area contributed by atoms with Gasteiger partial charge >= 0.3 is 6.03 Å². The Morgan fingerprint density at radius 2 is 1.46 bits per heavy atom. The zero-order chi connectivity index (χ0) is 25.3. The summed E-state index contributed by atoms with van der Waals surface area (Å²) in [5.41, 5.74) is 1.12. The predicted octanol–water partition coefficient (Wildman–Crippen LogP) is 7.20. The molecule has 0 radical (unpaired) electrons. The second kappa shape index (κ2) is 10.5. The summed E-state index contributed by atoms with van der Waals surface area (Å²) in [4.78, 5) is 38.6. The van der Waals surface area contributed by atoms with Gasteiger partial charge in [0.05, 0.1) is 30.8 Å². The van der Waals surface area contributed by atoms with Crippen molar-refractivity contribution in [1.29, 1.82) is 0 Å². The van der Waals surface area contributed by atoms with Gasteiger partial charge in [-0.25, -0.2) is 9.69 Å². The monoisotopic (exact) mass is 568 g/mol. The Morgan fingerprint density at radius 1 is 0.771 bits per heavy atom. The number of hydrogen-bond acceptors (Lipinski definition) is 4. The molecule has 3 aromatic rings. The first-order chi connectivity index (χ1) is 16.6. The van der Waals surface area contributed by atoms with Crippen molar-refractivity contribution in [3.05, 3.63) is 96.4 Å². The number of halogens is 5. The van der Waals surface area contributed by atoms with Crippen LogP contribution in [0.5, 0.6) is 5.75 Å². The maximum Gasteiger partial charge on any atom is 0.335 e. The lowest BCUT2D eigenvalue weighted by atomic mass is 10.1. The third kappa shape index (κ3) is 5.58. The van der Waals surface area contributed by atoms with Crippen LogP contribution < -0.4 is 15.0 Å². The second-order valence-corrected chi connectivity index (χ2v) is 9.32. The molecular formula is C24H13Cl5N2O4. The van der Waals surface area contributed by atoms with Gasteiger partial charge in [-0.2, -0.15) is 0 Å². The Balaban J connectivity index is 1.56. The van der Waals surface area contributed by atoms with Crippen molar-refractivity contribution in [3.63, 3.8) is 0 Å². The van der Waals surface area contributed by atoms with Crippen LogP contribution in [0.15, 0.2) is 60.2 Å². The molecule has 0 saturated carbocycles. The molecule has 1 aliphatic rings. The van der Waals surface area contributed by atoms with Crippen molar-refractivity contribution >= 4 is 87.6 Å². The first kappa shape index (κ1) is 25.4. The number of amides is 4. The molecule has 4 amide bonds. The zero-order valence-corrected chi connectivity index (χ0v) is 21.2. The number of barbiturate groups is 1. The molecule has 0 aliphatic carbocycles. The van der Waals surface area contributed by atoms with E-state index in [1.165, 1.54) is 30.3 Å². The van der Waals surface area contributed by atoms with E-state index in [2.05, 4.69) is 5.32 Å². The molecule has 1 N–H and O–H groups in total. The van der Waals surface area contributed by atoms with Gasteiger partial charge in [-0.3, -0.25) is 14.9 Å². The average molecular weight is 571 g/mol. The van der Waals surface area contributed by atoms with Crippen LogP contribution in [0.1, 0.15) is 11.1 Å². The number of imide groups is 2. The highest BCUT2D eigenvalue weighted by Gasteiger charge is 2.37. The molecule has 0 bridgehead atoms. The molecule has 0 spiro atoms. The van der Waals surface area contributed by atoms with E-state index in [-0.39, 0.29) is 32.9 Å². The molecule has 3 aromatic carbocycles. The van der Waals surface area contributed by atoms with Crippen LogP contribution in [-0.4, -0.2) is 17.8 Å². The number of hydrogen-bond donors (Lipinski definition) is 1. The van der Waals surface area contributed by atoms with Gasteiger partial charge < -0.3 is 4.74 Å². The Morgan fingerprint density at radius 3 is 2.11 bits per heavy atom. The van der Waals surface area contributed by atoms with Gasteiger partial charge in [-0.05, 0) is 59.7 Å². The van der Waals surface area contributed by atoms with Crippen molar-refractivity contribution < 1.29 is 19.1 Å². The molecule has 1 aliphatic heterocycles. The summed E-state index contributed by atoms with van der Waals surface area (Å²) in [5.74, 6) is -1.28. The summed E-state index contributed by atoms with van der Waals surface area (Å²) < 4.78 is 5.74. The quantitative estimate of drug-likeness (QED) is 0.260. The molecule has 1 fully saturated rings. The van der Waals surface area contributed by atoms with Crippen molar-refractivity contribution in [2.45, 2.75) is 6.61 Å². The molecule has 4 rings (SSSR count). The highest BCUT2D eigenvalue weighted by Crippen LogP contribution is 2.31. The van der Waals surface area contributed by atoms with Gasteiger partial charge in [-0.15, -0.1) is 0 Å². The number of carbonyl (C=O) groups excluding carboxylic acids is 3. The molecule has 0 atom stereocenters. The summed E-state index contributed by atoms with van der Waals surface area (Å²) in [6.45, 7) is 0.193. The fourth-order valence-electron chi connectivity index (χ4n) is 3.20. The Bertz CT molecular complexity index is 1410. The second-order valence-electron chi connectivity index (χ2n) is 7.28. The van der Waals surface area contributed by atoms with Gasteiger partial charge in [0.1, 0.15) is 17.9 Å². The summed E-state index contributed by atoms with van der Waals surface area (Å²) in [6, 6.07) is 13.2. The number of nitrogens with one attached hydrogen (secondary N) is 1. The summed E-state index contributed by atoms with van der Waals surface area (Å²) in [5, 5.41) is 3.64. The van der Waals surface area contributed by atoms with E-state index < -0.39 is 17.8 Å². The van der Waals surface area contributed by atoms with E-state index in [0.29, 0.717) is 21.4 Å². The molecule has 0 unspecified atom stereocenters. The van der Waals surface area contributed by atoms with Crippen LogP contribution in [-0.2, 0) is 16.2 Å². The van der Waals surface area contributed by atoms with Gasteiger partial charge in [0.25, 0.3) is 11.8 Å². The number of nitrogens with zero attached hydrogens (tertiary/aromatic N) is 1. The Kier molecular flexibility index (Phi) is 7.59. The molecule has 35 heavy (non-hydrogen) atoms. The lowest BCUT2D eigenvalue weighted by Gasteiger charge is -2.26. The van der Waals surface area contributed by atoms with E-state index in [1.54, 1.807) is 30.3 Å². The molecular weight excluding hydrogens is 558 g/mol. The van der Waals surface area contributed by atoms with Crippen LogP contribution >= 0.6 is 58.0 Å². The van der Waals surface area contributed by atoms with Crippen LogP contribution in [0.25, 0.3) is 6.08 Å². The van der Waals surface area contributed by atoms with Crippen LogP contribution in [0.3, 0.4) is 0 Å². The minimum Gasteiger partial charge on any atom is -0.487 e. The molecule has 6 nitrogen and oxygen atoms in total. The van der Waals surface area contributed by atoms with Crippen molar-refractivity contribution in [2.24, 2.45) is 0 Å². The third-order valence-corrected chi connectivity index (χ3v) is 6.68. The first-order valence-electron chi connectivity index (χ1n) is 9.87. The van der Waals surface area contributed by atoms with Gasteiger partial charge in [0.15, 0.2) is 0 Å². The third-order valence-electron chi connectivity index (χ3n) is 4.91. The topological polar surface area (TPSA) is 75.7 Å². The first-order valence-corrected chi connectivity index (χ1v) is 11.8.